The Morgan fingerprint density at radius 2 is 0.523 bits per heavy atom. The monoisotopic (exact) mass is 1300 g/mol. The fourth-order valence-electron chi connectivity index (χ4n) is 10.4. The van der Waals surface area contributed by atoms with Crippen molar-refractivity contribution in [3.05, 3.63) is 0 Å². The van der Waals surface area contributed by atoms with E-state index >= 15 is 0 Å². The highest BCUT2D eigenvalue weighted by Crippen LogP contribution is 2.45. The third kappa shape index (κ3) is 62.8. The fraction of sp³-hybridized carbons (Fsp3) is 0.942. The van der Waals surface area contributed by atoms with Crippen LogP contribution in [-0.4, -0.2) is 96.7 Å². The first-order chi connectivity index (χ1) is 42.2. The summed E-state index contributed by atoms with van der Waals surface area (Å²) in [7, 11) is -9.89. The van der Waals surface area contributed by atoms with E-state index in [4.69, 9.17) is 37.0 Å². The van der Waals surface area contributed by atoms with E-state index in [1.807, 2.05) is 0 Å². The van der Waals surface area contributed by atoms with Crippen LogP contribution in [0.15, 0.2) is 0 Å². The first-order valence-corrected chi connectivity index (χ1v) is 38.8. The summed E-state index contributed by atoms with van der Waals surface area (Å²) >= 11 is 0. The normalized spacial score (nSPS) is 14.2. The molecule has 0 aromatic rings. The van der Waals surface area contributed by atoms with Gasteiger partial charge in [-0.3, -0.25) is 37.3 Å². The highest BCUT2D eigenvalue weighted by atomic mass is 31.2. The molecule has 0 aliphatic heterocycles. The van der Waals surface area contributed by atoms with Crippen LogP contribution >= 0.6 is 15.6 Å². The first-order valence-electron chi connectivity index (χ1n) is 35.8. The zero-order valence-electron chi connectivity index (χ0n) is 57.2. The molecular weight excluding hydrogens is 1160 g/mol. The fourth-order valence-corrected chi connectivity index (χ4v) is 11.9. The quantitative estimate of drug-likeness (QED) is 0.0222. The van der Waals surface area contributed by atoms with Gasteiger partial charge in [-0.25, -0.2) is 9.13 Å². The van der Waals surface area contributed by atoms with E-state index in [1.54, 1.807) is 0 Å². The van der Waals surface area contributed by atoms with Crippen molar-refractivity contribution < 1.29 is 80.2 Å². The maximum Gasteiger partial charge on any atom is 0.472 e. The van der Waals surface area contributed by atoms with Crippen LogP contribution in [0.3, 0.4) is 0 Å². The van der Waals surface area contributed by atoms with Crippen molar-refractivity contribution in [1.29, 1.82) is 0 Å². The Labute approximate surface area is 537 Å². The van der Waals surface area contributed by atoms with Gasteiger partial charge in [0.25, 0.3) is 0 Å². The number of hydrogen-bond donors (Lipinski definition) is 3. The Kier molecular flexibility index (Phi) is 58.7. The number of carbonyl (C=O) groups excluding carboxylic acids is 4. The Morgan fingerprint density at radius 3 is 0.773 bits per heavy atom. The lowest BCUT2D eigenvalue weighted by Crippen LogP contribution is -2.30. The predicted molar refractivity (Wildman–Crippen MR) is 354 cm³/mol. The third-order valence-electron chi connectivity index (χ3n) is 15.9. The summed E-state index contributed by atoms with van der Waals surface area (Å²) in [6, 6.07) is 0. The zero-order chi connectivity index (χ0) is 65.2. The largest absolute Gasteiger partial charge is 0.472 e. The van der Waals surface area contributed by atoms with Gasteiger partial charge in [0.1, 0.15) is 19.3 Å². The summed E-state index contributed by atoms with van der Waals surface area (Å²) in [5.74, 6) is 0.128. The van der Waals surface area contributed by atoms with Crippen LogP contribution in [0.2, 0.25) is 0 Å². The van der Waals surface area contributed by atoms with Crippen LogP contribution in [0.1, 0.15) is 344 Å². The summed E-state index contributed by atoms with van der Waals surface area (Å²) in [6.07, 6.45) is 43.3. The van der Waals surface area contributed by atoms with Crippen molar-refractivity contribution in [3.63, 3.8) is 0 Å². The van der Waals surface area contributed by atoms with Crippen molar-refractivity contribution in [2.45, 2.75) is 362 Å². The summed E-state index contributed by atoms with van der Waals surface area (Å²) in [5, 5.41) is 10.6. The minimum atomic E-state index is -4.95. The molecule has 88 heavy (non-hydrogen) atoms. The molecule has 19 heteroatoms. The number of carbonyl (C=O) groups is 4. The Hall–Kier alpha value is -1.94. The van der Waals surface area contributed by atoms with Crippen LogP contribution in [0, 0.1) is 17.8 Å². The molecule has 0 aromatic carbocycles. The average molecular weight is 1300 g/mol. The van der Waals surface area contributed by atoms with Crippen LogP contribution in [0.5, 0.6) is 0 Å². The van der Waals surface area contributed by atoms with Crippen molar-refractivity contribution in [2.24, 2.45) is 17.8 Å². The molecule has 0 saturated heterocycles. The lowest BCUT2D eigenvalue weighted by molar-refractivity contribution is -0.161. The maximum absolute atomic E-state index is 13.0. The molecule has 522 valence electrons. The second kappa shape index (κ2) is 60.0. The second-order valence-corrected chi connectivity index (χ2v) is 29.3. The molecule has 0 aromatic heterocycles. The Bertz CT molecular complexity index is 1730. The first kappa shape index (κ1) is 86.1. The smallest absolute Gasteiger partial charge is 0.462 e. The SMILES string of the molecule is CCCCCCCCCC(=O)OC[C@H](COP(=O)(O)OC[C@H](O)COP(=O)(O)OC[C@@H](COC(=O)CCCCCCCCCCCCCC(C)C)OC(=O)CCCCCCCCCCCCCCCCC(C)C)OC(=O)CCCCCCCCCC(C)C. The van der Waals surface area contributed by atoms with E-state index < -0.39 is 97.5 Å². The zero-order valence-corrected chi connectivity index (χ0v) is 59.0. The molecule has 0 spiro atoms. The van der Waals surface area contributed by atoms with E-state index in [2.05, 4.69) is 48.5 Å². The number of hydrogen-bond acceptors (Lipinski definition) is 15. The van der Waals surface area contributed by atoms with E-state index in [0.717, 1.165) is 115 Å². The predicted octanol–water partition coefficient (Wildman–Crippen LogP) is 19.5. The number of aliphatic hydroxyl groups is 1. The molecular formula is C69H134O17P2. The lowest BCUT2D eigenvalue weighted by Gasteiger charge is -2.21. The van der Waals surface area contributed by atoms with Crippen molar-refractivity contribution in [2.75, 3.05) is 39.6 Å². The average Bonchev–Trinajstić information content (AvgIpc) is 3.37. The van der Waals surface area contributed by atoms with Crippen LogP contribution in [0.4, 0.5) is 0 Å². The summed E-state index contributed by atoms with van der Waals surface area (Å²) in [4.78, 5) is 72.3. The number of ether oxygens (including phenoxy) is 4. The molecule has 0 saturated carbocycles. The standard InChI is InChI=1S/C69H134O17P2/c1-8-9-10-11-26-36-43-50-66(71)79-56-64(86-69(74)53-46-39-32-25-29-35-42-49-62(6)7)58-83-87(75,76)81-54-63(70)55-82-88(77,78)84-59-65(57-80-67(72)51-44-37-30-23-20-16-18-22-28-34-41-48-61(4)5)85-68(73)52-45-38-31-24-19-15-13-12-14-17-21-27-33-40-47-60(2)3/h60-65,70H,8-59H2,1-7H3,(H,75,76)(H,77,78)/t63-,64+,65+/m0/s1. The molecule has 0 rings (SSSR count). The summed E-state index contributed by atoms with van der Waals surface area (Å²) in [6.45, 7) is 11.8. The molecule has 0 fully saturated rings. The van der Waals surface area contributed by atoms with E-state index in [9.17, 15) is 43.2 Å². The molecule has 5 atom stereocenters. The van der Waals surface area contributed by atoms with Crippen molar-refractivity contribution in [3.8, 4) is 0 Å². The number of unbranched alkanes of at least 4 members (excludes halogenated alkanes) is 35. The third-order valence-corrected chi connectivity index (χ3v) is 17.8. The number of esters is 4. The van der Waals surface area contributed by atoms with Gasteiger partial charge < -0.3 is 33.8 Å². The molecule has 3 N–H and O–H groups in total. The lowest BCUT2D eigenvalue weighted by atomic mass is 10.0. The highest BCUT2D eigenvalue weighted by molar-refractivity contribution is 7.47. The van der Waals surface area contributed by atoms with Gasteiger partial charge in [0.2, 0.25) is 0 Å². The molecule has 0 heterocycles. The van der Waals surface area contributed by atoms with E-state index in [0.29, 0.717) is 31.6 Å². The summed E-state index contributed by atoms with van der Waals surface area (Å²) < 4.78 is 68.1. The van der Waals surface area contributed by atoms with Gasteiger partial charge in [0, 0.05) is 25.7 Å². The van der Waals surface area contributed by atoms with Crippen molar-refractivity contribution >= 4 is 39.5 Å². The molecule has 0 bridgehead atoms. The van der Waals surface area contributed by atoms with Gasteiger partial charge >= 0.3 is 39.5 Å². The minimum absolute atomic E-state index is 0.103. The number of rotatable bonds is 67. The van der Waals surface area contributed by atoms with Gasteiger partial charge in [-0.2, -0.15) is 0 Å². The Morgan fingerprint density at radius 1 is 0.307 bits per heavy atom. The van der Waals surface area contributed by atoms with Gasteiger partial charge in [-0.05, 0) is 43.4 Å². The molecule has 0 radical (unpaired) electrons. The van der Waals surface area contributed by atoms with Gasteiger partial charge in [-0.1, -0.05) is 292 Å². The highest BCUT2D eigenvalue weighted by Gasteiger charge is 2.30. The minimum Gasteiger partial charge on any atom is -0.462 e. The van der Waals surface area contributed by atoms with Crippen molar-refractivity contribution in [1.82, 2.24) is 0 Å². The second-order valence-electron chi connectivity index (χ2n) is 26.3. The van der Waals surface area contributed by atoms with Crippen LogP contribution in [-0.2, 0) is 65.4 Å². The van der Waals surface area contributed by atoms with Gasteiger partial charge in [0.05, 0.1) is 26.4 Å². The maximum atomic E-state index is 13.0. The van der Waals surface area contributed by atoms with E-state index in [-0.39, 0.29) is 25.7 Å². The van der Waals surface area contributed by atoms with E-state index in [1.165, 1.54) is 141 Å². The number of phosphoric ester groups is 2. The molecule has 0 amide bonds. The number of aliphatic hydroxyl groups excluding tert-OH is 1. The Balaban J connectivity index is 5.20. The topological polar surface area (TPSA) is 237 Å². The molecule has 0 aliphatic carbocycles. The molecule has 0 aliphatic rings. The molecule has 2 unspecified atom stereocenters. The van der Waals surface area contributed by atoms with Gasteiger partial charge in [0.15, 0.2) is 12.2 Å². The van der Waals surface area contributed by atoms with Crippen LogP contribution in [0.25, 0.3) is 0 Å². The van der Waals surface area contributed by atoms with Crippen LogP contribution < -0.4 is 0 Å². The molecule has 17 nitrogen and oxygen atoms in total. The number of phosphoric acid groups is 2. The summed E-state index contributed by atoms with van der Waals surface area (Å²) in [5.41, 5.74) is 0. The van der Waals surface area contributed by atoms with Gasteiger partial charge in [-0.15, -0.1) is 0 Å².